The van der Waals surface area contributed by atoms with Crippen molar-refractivity contribution in [3.8, 4) is 11.3 Å². The summed E-state index contributed by atoms with van der Waals surface area (Å²) in [4.78, 5) is 11.6. The monoisotopic (exact) mass is 322 g/mol. The average Bonchev–Trinajstić information content (AvgIpc) is 2.94. The molecule has 2 aromatic carbocycles. The lowest BCUT2D eigenvalue weighted by Crippen LogP contribution is -2.07. The molecule has 0 aliphatic carbocycles. The van der Waals surface area contributed by atoms with E-state index >= 15 is 0 Å². The molecule has 1 heterocycles. The number of benzene rings is 2. The zero-order valence-electron chi connectivity index (χ0n) is 13.9. The lowest BCUT2D eigenvalue weighted by molar-refractivity contribution is -0.143. The Balaban J connectivity index is 1.93. The van der Waals surface area contributed by atoms with Gasteiger partial charge < -0.3 is 15.0 Å². The Morgan fingerprint density at radius 2 is 1.92 bits per heavy atom. The number of carbonyl (C=O) groups excluding carboxylic acids is 1. The van der Waals surface area contributed by atoms with Gasteiger partial charge in [-0.1, -0.05) is 30.3 Å². The van der Waals surface area contributed by atoms with Crippen molar-refractivity contribution in [3.63, 3.8) is 0 Å². The van der Waals surface area contributed by atoms with Crippen molar-refractivity contribution in [3.05, 3.63) is 54.6 Å². The van der Waals surface area contributed by atoms with E-state index in [1.165, 1.54) is 0 Å². The van der Waals surface area contributed by atoms with Crippen molar-refractivity contribution in [2.24, 2.45) is 0 Å². The molecule has 0 bridgehead atoms. The number of nitrogens with two attached hydrogens (primary N) is 1. The number of nitrogens with zero attached hydrogens (tertiary/aromatic N) is 1. The van der Waals surface area contributed by atoms with Crippen molar-refractivity contribution in [2.45, 2.75) is 26.3 Å². The molecule has 0 spiro atoms. The van der Waals surface area contributed by atoms with E-state index in [0.717, 1.165) is 40.8 Å². The summed E-state index contributed by atoms with van der Waals surface area (Å²) >= 11 is 0. The molecule has 0 aliphatic heterocycles. The predicted molar refractivity (Wildman–Crippen MR) is 97.7 cm³/mol. The Morgan fingerprint density at radius 3 is 2.67 bits per heavy atom. The van der Waals surface area contributed by atoms with Crippen LogP contribution in [0, 0.1) is 0 Å². The lowest BCUT2D eigenvalue weighted by atomic mass is 10.1. The van der Waals surface area contributed by atoms with E-state index in [4.69, 9.17) is 10.5 Å². The van der Waals surface area contributed by atoms with Crippen LogP contribution in [0.1, 0.15) is 19.8 Å². The summed E-state index contributed by atoms with van der Waals surface area (Å²) in [6.07, 6.45) is 1.17. The van der Waals surface area contributed by atoms with Gasteiger partial charge in [0.25, 0.3) is 0 Å². The van der Waals surface area contributed by atoms with Crippen LogP contribution in [0.4, 0.5) is 5.69 Å². The van der Waals surface area contributed by atoms with Crippen LogP contribution >= 0.6 is 0 Å². The van der Waals surface area contributed by atoms with Crippen LogP contribution in [-0.4, -0.2) is 17.1 Å². The highest BCUT2D eigenvalue weighted by atomic mass is 16.5. The zero-order chi connectivity index (χ0) is 16.9. The van der Waals surface area contributed by atoms with Gasteiger partial charge in [0.2, 0.25) is 0 Å². The lowest BCUT2D eigenvalue weighted by Gasteiger charge is -2.11. The minimum atomic E-state index is -0.139. The van der Waals surface area contributed by atoms with Gasteiger partial charge in [-0.15, -0.1) is 0 Å². The highest BCUT2D eigenvalue weighted by Crippen LogP contribution is 2.29. The molecular weight excluding hydrogens is 300 g/mol. The van der Waals surface area contributed by atoms with E-state index in [2.05, 4.69) is 22.8 Å². The molecular formula is C20H22N2O2. The summed E-state index contributed by atoms with van der Waals surface area (Å²) in [7, 11) is 0. The van der Waals surface area contributed by atoms with Crippen LogP contribution in [0.2, 0.25) is 0 Å². The summed E-state index contributed by atoms with van der Waals surface area (Å²) in [6.45, 7) is 3.02. The maximum absolute atomic E-state index is 11.6. The van der Waals surface area contributed by atoms with Crippen LogP contribution < -0.4 is 5.73 Å². The number of aromatic nitrogens is 1. The Bertz CT molecular complexity index is 837. The van der Waals surface area contributed by atoms with Gasteiger partial charge >= 0.3 is 5.97 Å². The first-order valence-corrected chi connectivity index (χ1v) is 8.29. The fraction of sp³-hybridized carbons (Fsp3) is 0.250. The number of rotatable bonds is 6. The van der Waals surface area contributed by atoms with Crippen molar-refractivity contribution >= 4 is 22.6 Å². The summed E-state index contributed by atoms with van der Waals surface area (Å²) in [5.41, 5.74) is 10.1. The number of hydrogen-bond acceptors (Lipinski definition) is 3. The maximum Gasteiger partial charge on any atom is 0.305 e. The van der Waals surface area contributed by atoms with Gasteiger partial charge in [0.05, 0.1) is 6.61 Å². The van der Waals surface area contributed by atoms with Gasteiger partial charge in [0.1, 0.15) is 0 Å². The van der Waals surface area contributed by atoms with E-state index < -0.39 is 0 Å². The Labute approximate surface area is 141 Å². The van der Waals surface area contributed by atoms with Crippen LogP contribution in [0.5, 0.6) is 0 Å². The standard InChI is InChI=1S/C20H22N2O2/c1-2-24-20(23)9-6-12-22-18-11-10-17(21)13-16(18)14-19(22)15-7-4-3-5-8-15/h3-5,7-8,10-11,13-14H,2,6,9,12,21H2,1H3. The number of carbonyl (C=O) groups is 1. The van der Waals surface area contributed by atoms with Crippen molar-refractivity contribution < 1.29 is 9.53 Å². The third-order valence-electron chi connectivity index (χ3n) is 4.06. The van der Waals surface area contributed by atoms with E-state index in [-0.39, 0.29) is 5.97 Å². The number of anilines is 1. The molecule has 0 fully saturated rings. The Morgan fingerprint density at radius 1 is 1.12 bits per heavy atom. The zero-order valence-corrected chi connectivity index (χ0v) is 13.9. The smallest absolute Gasteiger partial charge is 0.305 e. The molecule has 4 nitrogen and oxygen atoms in total. The molecule has 0 saturated carbocycles. The average molecular weight is 322 g/mol. The minimum absolute atomic E-state index is 0.139. The summed E-state index contributed by atoms with van der Waals surface area (Å²) in [6, 6.07) is 18.4. The molecule has 24 heavy (non-hydrogen) atoms. The summed E-state index contributed by atoms with van der Waals surface area (Å²) in [5.74, 6) is -0.139. The fourth-order valence-electron chi connectivity index (χ4n) is 2.99. The Kier molecular flexibility index (Phi) is 4.85. The number of ether oxygens (including phenoxy) is 1. The molecule has 0 aliphatic rings. The van der Waals surface area contributed by atoms with Crippen LogP contribution in [0.3, 0.4) is 0 Å². The van der Waals surface area contributed by atoms with Gasteiger partial charge in [0, 0.05) is 35.2 Å². The number of nitrogen functional groups attached to an aromatic ring is 1. The van der Waals surface area contributed by atoms with E-state index in [1.807, 2.05) is 43.3 Å². The topological polar surface area (TPSA) is 57.2 Å². The Hall–Kier alpha value is -2.75. The second-order valence-electron chi connectivity index (χ2n) is 5.77. The number of hydrogen-bond donors (Lipinski definition) is 1. The van der Waals surface area contributed by atoms with Crippen molar-refractivity contribution in [1.82, 2.24) is 4.57 Å². The normalized spacial score (nSPS) is 10.9. The first-order chi connectivity index (χ1) is 11.7. The predicted octanol–water partition coefficient (Wildman–Crippen LogP) is 4.23. The van der Waals surface area contributed by atoms with Gasteiger partial charge in [-0.25, -0.2) is 0 Å². The minimum Gasteiger partial charge on any atom is -0.466 e. The molecule has 3 rings (SSSR count). The molecule has 0 saturated heterocycles. The molecule has 0 amide bonds. The fourth-order valence-corrected chi connectivity index (χ4v) is 2.99. The second-order valence-corrected chi connectivity index (χ2v) is 5.77. The van der Waals surface area contributed by atoms with Crippen LogP contribution in [0.15, 0.2) is 54.6 Å². The maximum atomic E-state index is 11.6. The van der Waals surface area contributed by atoms with Gasteiger partial charge in [-0.3, -0.25) is 4.79 Å². The van der Waals surface area contributed by atoms with Gasteiger partial charge in [-0.2, -0.15) is 0 Å². The SMILES string of the molecule is CCOC(=O)CCCn1c(-c2ccccc2)cc2cc(N)ccc21. The van der Waals surface area contributed by atoms with Crippen molar-refractivity contribution in [2.75, 3.05) is 12.3 Å². The van der Waals surface area contributed by atoms with Crippen molar-refractivity contribution in [1.29, 1.82) is 0 Å². The second kappa shape index (κ2) is 7.21. The molecule has 4 heteroatoms. The number of esters is 1. The van der Waals surface area contributed by atoms with Gasteiger partial charge in [-0.05, 0) is 43.2 Å². The summed E-state index contributed by atoms with van der Waals surface area (Å²) in [5, 5.41) is 1.12. The first-order valence-electron chi connectivity index (χ1n) is 8.29. The quantitative estimate of drug-likeness (QED) is 0.545. The largest absolute Gasteiger partial charge is 0.466 e. The number of fused-ring (bicyclic) bond motifs is 1. The van der Waals surface area contributed by atoms with Crippen LogP contribution in [0.25, 0.3) is 22.2 Å². The van der Waals surface area contributed by atoms with Gasteiger partial charge in [0.15, 0.2) is 0 Å². The molecule has 124 valence electrons. The third kappa shape index (κ3) is 3.43. The first kappa shape index (κ1) is 16.1. The highest BCUT2D eigenvalue weighted by molar-refractivity contribution is 5.89. The molecule has 0 radical (unpaired) electrons. The third-order valence-corrected chi connectivity index (χ3v) is 4.06. The van der Waals surface area contributed by atoms with E-state index in [0.29, 0.717) is 13.0 Å². The number of aryl methyl sites for hydroxylation is 1. The van der Waals surface area contributed by atoms with E-state index in [9.17, 15) is 4.79 Å². The summed E-state index contributed by atoms with van der Waals surface area (Å²) < 4.78 is 7.27. The molecule has 3 aromatic rings. The molecule has 1 aromatic heterocycles. The van der Waals surface area contributed by atoms with E-state index in [1.54, 1.807) is 0 Å². The molecule has 0 unspecified atom stereocenters. The molecule has 0 atom stereocenters. The van der Waals surface area contributed by atoms with Crippen LogP contribution in [-0.2, 0) is 16.1 Å². The molecule has 2 N–H and O–H groups in total. The highest BCUT2D eigenvalue weighted by Gasteiger charge is 2.11.